The number of nitrogen functional groups attached to an aromatic ring is 1. The maximum absolute atomic E-state index is 12.0. The van der Waals surface area contributed by atoms with Gasteiger partial charge >= 0.3 is 12.1 Å². The van der Waals surface area contributed by atoms with Crippen molar-refractivity contribution < 1.29 is 19.1 Å². The fraction of sp³-hybridized carbons (Fsp3) is 0.500. The van der Waals surface area contributed by atoms with E-state index in [1.165, 1.54) is 0 Å². The van der Waals surface area contributed by atoms with Gasteiger partial charge in [-0.2, -0.15) is 0 Å². The average Bonchev–Trinajstić information content (AvgIpc) is 2.36. The predicted octanol–water partition coefficient (Wildman–Crippen LogP) is 2.27. The van der Waals surface area contributed by atoms with Gasteiger partial charge in [0, 0.05) is 12.1 Å². The topological polar surface area (TPSA) is 90.6 Å². The number of esters is 1. The molecule has 1 rings (SSSR count). The average molecular weight is 308 g/mol. The van der Waals surface area contributed by atoms with Gasteiger partial charge in [-0.05, 0) is 45.4 Å². The summed E-state index contributed by atoms with van der Waals surface area (Å²) in [5.74, 6) is -0.504. The molecule has 1 aromatic carbocycles. The lowest BCUT2D eigenvalue weighted by atomic mass is 10.1. The lowest BCUT2D eigenvalue weighted by Crippen LogP contribution is -2.45. The molecule has 0 aliphatic rings. The fourth-order valence-electron chi connectivity index (χ4n) is 1.84. The Morgan fingerprint density at radius 1 is 1.32 bits per heavy atom. The highest BCUT2D eigenvalue weighted by atomic mass is 16.6. The van der Waals surface area contributed by atoms with Crippen molar-refractivity contribution in [1.29, 1.82) is 0 Å². The number of rotatable bonds is 5. The predicted molar refractivity (Wildman–Crippen MR) is 84.3 cm³/mol. The van der Waals surface area contributed by atoms with E-state index in [2.05, 4.69) is 5.32 Å². The molecule has 0 heterocycles. The van der Waals surface area contributed by atoms with Gasteiger partial charge in [-0.25, -0.2) is 9.59 Å². The minimum atomic E-state index is -0.823. The van der Waals surface area contributed by atoms with Crippen LogP contribution >= 0.6 is 0 Å². The summed E-state index contributed by atoms with van der Waals surface area (Å²) in [5, 5.41) is 2.55. The van der Waals surface area contributed by atoms with E-state index in [0.717, 1.165) is 5.56 Å². The van der Waals surface area contributed by atoms with E-state index in [4.69, 9.17) is 15.2 Å². The molecule has 6 heteroatoms. The Balaban J connectivity index is 2.80. The summed E-state index contributed by atoms with van der Waals surface area (Å²) in [7, 11) is 0. The summed E-state index contributed by atoms with van der Waals surface area (Å²) in [6.45, 7) is 7.21. The van der Waals surface area contributed by atoms with E-state index in [1.807, 2.05) is 6.07 Å². The maximum atomic E-state index is 12.0. The largest absolute Gasteiger partial charge is 0.464 e. The Morgan fingerprint density at radius 3 is 2.55 bits per heavy atom. The minimum Gasteiger partial charge on any atom is -0.464 e. The molecule has 0 spiro atoms. The number of anilines is 1. The summed E-state index contributed by atoms with van der Waals surface area (Å²) < 4.78 is 10.2. The van der Waals surface area contributed by atoms with Crippen molar-refractivity contribution in [2.75, 3.05) is 12.3 Å². The van der Waals surface area contributed by atoms with E-state index in [0.29, 0.717) is 5.69 Å². The Morgan fingerprint density at radius 2 is 2.00 bits per heavy atom. The van der Waals surface area contributed by atoms with E-state index < -0.39 is 23.7 Å². The monoisotopic (exact) mass is 308 g/mol. The van der Waals surface area contributed by atoms with Crippen LogP contribution in [0.4, 0.5) is 10.5 Å². The van der Waals surface area contributed by atoms with Crippen LogP contribution in [0.5, 0.6) is 0 Å². The van der Waals surface area contributed by atoms with E-state index in [9.17, 15) is 9.59 Å². The summed E-state index contributed by atoms with van der Waals surface area (Å²) in [5.41, 5.74) is 6.51. The first kappa shape index (κ1) is 17.8. The van der Waals surface area contributed by atoms with E-state index in [-0.39, 0.29) is 13.0 Å². The molecule has 1 amide bonds. The molecule has 22 heavy (non-hydrogen) atoms. The first-order chi connectivity index (χ1) is 10.2. The Hall–Kier alpha value is -2.24. The van der Waals surface area contributed by atoms with Gasteiger partial charge in [0.05, 0.1) is 6.61 Å². The SMILES string of the molecule is CCOC(=O)[C@@H](Cc1cccc(N)c1)NC(=O)OC(C)(C)C. The third kappa shape index (κ3) is 6.47. The number of benzene rings is 1. The van der Waals surface area contributed by atoms with Crippen molar-refractivity contribution in [3.63, 3.8) is 0 Å². The van der Waals surface area contributed by atoms with Crippen molar-refractivity contribution in [1.82, 2.24) is 5.32 Å². The molecule has 0 saturated carbocycles. The molecule has 3 N–H and O–H groups in total. The van der Waals surface area contributed by atoms with Crippen molar-refractivity contribution in [2.45, 2.75) is 45.8 Å². The molecule has 0 radical (unpaired) electrons. The van der Waals surface area contributed by atoms with Gasteiger partial charge in [-0.1, -0.05) is 12.1 Å². The fourth-order valence-corrected chi connectivity index (χ4v) is 1.84. The van der Waals surface area contributed by atoms with Gasteiger partial charge in [0.1, 0.15) is 11.6 Å². The van der Waals surface area contributed by atoms with E-state index in [1.54, 1.807) is 45.9 Å². The Bertz CT molecular complexity index is 523. The lowest BCUT2D eigenvalue weighted by Gasteiger charge is -2.23. The molecule has 0 bridgehead atoms. The highest BCUT2D eigenvalue weighted by Crippen LogP contribution is 2.11. The first-order valence-electron chi connectivity index (χ1n) is 7.22. The van der Waals surface area contributed by atoms with Crippen molar-refractivity contribution in [3.05, 3.63) is 29.8 Å². The third-order valence-corrected chi connectivity index (χ3v) is 2.65. The van der Waals surface area contributed by atoms with Gasteiger partial charge in [-0.15, -0.1) is 0 Å². The van der Waals surface area contributed by atoms with Gasteiger partial charge < -0.3 is 20.5 Å². The quantitative estimate of drug-likeness (QED) is 0.643. The highest BCUT2D eigenvalue weighted by molar-refractivity contribution is 5.81. The summed E-state index contributed by atoms with van der Waals surface area (Å²) in [6, 6.07) is 6.31. The number of nitrogens with one attached hydrogen (secondary N) is 1. The van der Waals surface area contributed by atoms with E-state index >= 15 is 0 Å². The number of nitrogens with two attached hydrogens (primary N) is 1. The summed E-state index contributed by atoms with van der Waals surface area (Å²) in [4.78, 5) is 23.9. The second kappa shape index (κ2) is 7.68. The normalized spacial score (nSPS) is 12.4. The molecule has 0 saturated heterocycles. The molecular formula is C16H24N2O4. The van der Waals surface area contributed by atoms with Crippen LogP contribution in [-0.4, -0.2) is 30.3 Å². The molecule has 0 aromatic heterocycles. The number of hydrogen-bond acceptors (Lipinski definition) is 5. The van der Waals surface area contributed by atoms with Crippen LogP contribution in [0.3, 0.4) is 0 Å². The van der Waals surface area contributed by atoms with Gasteiger partial charge in [0.25, 0.3) is 0 Å². The van der Waals surface area contributed by atoms with Gasteiger partial charge in [0.15, 0.2) is 0 Å². The maximum Gasteiger partial charge on any atom is 0.408 e. The first-order valence-corrected chi connectivity index (χ1v) is 7.22. The second-order valence-electron chi connectivity index (χ2n) is 5.90. The molecule has 0 aliphatic heterocycles. The molecule has 1 atom stereocenters. The molecule has 0 aliphatic carbocycles. The molecule has 1 aromatic rings. The lowest BCUT2D eigenvalue weighted by molar-refractivity contribution is -0.145. The van der Waals surface area contributed by atoms with Crippen molar-refractivity contribution in [2.24, 2.45) is 0 Å². The number of hydrogen-bond donors (Lipinski definition) is 2. The molecule has 0 fully saturated rings. The van der Waals surface area contributed by atoms with Crippen LogP contribution < -0.4 is 11.1 Å². The summed E-state index contributed by atoms with van der Waals surface area (Å²) >= 11 is 0. The van der Waals surface area contributed by atoms with Crippen LogP contribution in [0.1, 0.15) is 33.3 Å². The van der Waals surface area contributed by atoms with Crippen molar-refractivity contribution >= 4 is 17.7 Å². The number of carbonyl (C=O) groups is 2. The van der Waals surface area contributed by atoms with Crippen LogP contribution in [0.25, 0.3) is 0 Å². The molecule has 6 nitrogen and oxygen atoms in total. The Kier molecular flexibility index (Phi) is 6.22. The summed E-state index contributed by atoms with van der Waals surface area (Å²) in [6.07, 6.45) is -0.377. The molecule has 122 valence electrons. The zero-order chi connectivity index (χ0) is 16.8. The van der Waals surface area contributed by atoms with Gasteiger partial charge in [0.2, 0.25) is 0 Å². The van der Waals surface area contributed by atoms with Crippen LogP contribution in [0.15, 0.2) is 24.3 Å². The Labute approximate surface area is 131 Å². The third-order valence-electron chi connectivity index (χ3n) is 2.65. The number of alkyl carbamates (subject to hydrolysis) is 1. The van der Waals surface area contributed by atoms with Crippen LogP contribution in [0.2, 0.25) is 0 Å². The number of amides is 1. The second-order valence-corrected chi connectivity index (χ2v) is 5.90. The molecule has 0 unspecified atom stereocenters. The number of carbonyl (C=O) groups excluding carboxylic acids is 2. The van der Waals surface area contributed by atoms with Gasteiger partial charge in [-0.3, -0.25) is 0 Å². The standard InChI is InChI=1S/C16H24N2O4/c1-5-21-14(19)13(18-15(20)22-16(2,3)4)10-11-7-6-8-12(17)9-11/h6-9,13H,5,10,17H2,1-4H3,(H,18,20)/t13-/m1/s1. The van der Waals surface area contributed by atoms with Crippen LogP contribution in [-0.2, 0) is 20.7 Å². The van der Waals surface area contributed by atoms with Crippen LogP contribution in [0, 0.1) is 0 Å². The zero-order valence-corrected chi connectivity index (χ0v) is 13.5. The van der Waals surface area contributed by atoms with Crippen molar-refractivity contribution in [3.8, 4) is 0 Å². The minimum absolute atomic E-state index is 0.238. The highest BCUT2D eigenvalue weighted by Gasteiger charge is 2.25. The molecular weight excluding hydrogens is 284 g/mol. The zero-order valence-electron chi connectivity index (χ0n) is 13.5. The number of ether oxygens (including phenoxy) is 2. The smallest absolute Gasteiger partial charge is 0.408 e.